The van der Waals surface area contributed by atoms with Crippen molar-refractivity contribution in [1.82, 2.24) is 0 Å². The summed E-state index contributed by atoms with van der Waals surface area (Å²) in [6.07, 6.45) is 11.3. The van der Waals surface area contributed by atoms with Crippen LogP contribution in [0.3, 0.4) is 0 Å². The van der Waals surface area contributed by atoms with Crippen LogP contribution in [-0.2, 0) is 4.79 Å². The lowest BCUT2D eigenvalue weighted by atomic mass is 9.48. The molecule has 3 fully saturated rings. The Hall–Kier alpha value is -0.610. The van der Waals surface area contributed by atoms with Crippen molar-refractivity contribution in [1.29, 1.82) is 0 Å². The van der Waals surface area contributed by atoms with Gasteiger partial charge in [-0.25, -0.2) is 0 Å². The van der Waals surface area contributed by atoms with Crippen LogP contribution in [0.2, 0.25) is 0 Å². The molecule has 162 valence electrons. The van der Waals surface area contributed by atoms with Gasteiger partial charge in [0.25, 0.3) is 0 Å². The Balaban J connectivity index is 1.72. The topological polar surface area (TPSA) is 77.8 Å². The lowest BCUT2D eigenvalue weighted by molar-refractivity contribution is -0.137. The summed E-state index contributed by atoms with van der Waals surface area (Å²) in [7, 11) is 0. The summed E-state index contributed by atoms with van der Waals surface area (Å²) < 4.78 is 0. The van der Waals surface area contributed by atoms with E-state index in [9.17, 15) is 15.0 Å². The first kappa shape index (κ1) is 22.1. The molecule has 3 aliphatic rings. The molecule has 0 aromatic rings. The van der Waals surface area contributed by atoms with Gasteiger partial charge < -0.3 is 15.3 Å². The van der Waals surface area contributed by atoms with E-state index < -0.39 is 5.97 Å². The predicted molar refractivity (Wildman–Crippen MR) is 111 cm³/mol. The first-order valence-electron chi connectivity index (χ1n) is 11.8. The van der Waals surface area contributed by atoms with Crippen LogP contribution < -0.4 is 0 Å². The molecule has 2 unspecified atom stereocenters. The van der Waals surface area contributed by atoms with Gasteiger partial charge in [-0.2, -0.15) is 0 Å². The van der Waals surface area contributed by atoms with Gasteiger partial charge in [0.2, 0.25) is 0 Å². The molecule has 0 radical (unpaired) electrons. The highest BCUT2D eigenvalue weighted by atomic mass is 16.4. The largest absolute Gasteiger partial charge is 0.481 e. The zero-order chi connectivity index (χ0) is 20.5. The molecule has 4 heteroatoms. The van der Waals surface area contributed by atoms with Crippen LogP contribution in [0.4, 0.5) is 0 Å². The number of aliphatic hydroxyl groups excluding tert-OH is 2. The van der Waals surface area contributed by atoms with Crippen molar-refractivity contribution >= 4 is 5.97 Å². The average Bonchev–Trinajstić information content (AvgIpc) is 2.99. The first-order chi connectivity index (χ1) is 13.2. The molecule has 3 N–H and O–H groups in total. The summed E-state index contributed by atoms with van der Waals surface area (Å²) >= 11 is 0. The van der Waals surface area contributed by atoms with Crippen LogP contribution in [0.5, 0.6) is 0 Å². The summed E-state index contributed by atoms with van der Waals surface area (Å²) in [4.78, 5) is 10.9. The van der Waals surface area contributed by atoms with E-state index >= 15 is 0 Å². The minimum Gasteiger partial charge on any atom is -0.481 e. The van der Waals surface area contributed by atoms with E-state index in [1.54, 1.807) is 0 Å². The van der Waals surface area contributed by atoms with Crippen LogP contribution in [-0.4, -0.2) is 33.5 Å². The fraction of sp³-hybridized carbons (Fsp3) is 0.958. The summed E-state index contributed by atoms with van der Waals surface area (Å²) in [6.45, 7) is 6.90. The van der Waals surface area contributed by atoms with Crippen LogP contribution >= 0.6 is 0 Å². The monoisotopic (exact) mass is 394 g/mol. The second-order valence-electron chi connectivity index (χ2n) is 10.8. The zero-order valence-electron chi connectivity index (χ0n) is 18.2. The van der Waals surface area contributed by atoms with Crippen molar-refractivity contribution in [2.24, 2.45) is 34.5 Å². The molecule has 3 saturated carbocycles. The van der Waals surface area contributed by atoms with Gasteiger partial charge in [-0.05, 0) is 105 Å². The fourth-order valence-electron chi connectivity index (χ4n) is 7.49. The van der Waals surface area contributed by atoms with Gasteiger partial charge in [-0.3, -0.25) is 4.79 Å². The van der Waals surface area contributed by atoms with E-state index in [1.165, 1.54) is 25.7 Å². The third-order valence-corrected chi connectivity index (χ3v) is 9.34. The van der Waals surface area contributed by atoms with Gasteiger partial charge in [0, 0.05) is 6.42 Å². The summed E-state index contributed by atoms with van der Waals surface area (Å²) in [5, 5.41) is 30.1. The molecule has 3 rings (SSSR count). The van der Waals surface area contributed by atoms with Gasteiger partial charge in [0.15, 0.2) is 0 Å². The van der Waals surface area contributed by atoms with Crippen molar-refractivity contribution in [3.8, 4) is 0 Å². The van der Waals surface area contributed by atoms with Crippen LogP contribution in [0.25, 0.3) is 0 Å². The molecular formula is C24H42O4. The predicted octanol–water partition coefficient (Wildman–Crippen LogP) is 5.01. The molecule has 0 aromatic carbocycles. The lowest BCUT2D eigenvalue weighted by Crippen LogP contribution is -2.53. The van der Waals surface area contributed by atoms with Gasteiger partial charge in [0.05, 0.1) is 12.2 Å². The van der Waals surface area contributed by atoms with E-state index in [0.717, 1.165) is 44.9 Å². The molecule has 0 bridgehead atoms. The molecule has 8 atom stereocenters. The summed E-state index contributed by atoms with van der Waals surface area (Å²) in [6, 6.07) is 0. The molecule has 0 amide bonds. The second-order valence-corrected chi connectivity index (χ2v) is 10.8. The van der Waals surface area contributed by atoms with E-state index in [0.29, 0.717) is 23.7 Å². The Labute approximate surface area is 171 Å². The number of aliphatic carboxylic acids is 1. The van der Waals surface area contributed by atoms with Crippen molar-refractivity contribution in [3.05, 3.63) is 0 Å². The van der Waals surface area contributed by atoms with Crippen LogP contribution in [0.15, 0.2) is 0 Å². The van der Waals surface area contributed by atoms with Crippen LogP contribution in [0, 0.1) is 34.5 Å². The van der Waals surface area contributed by atoms with Crippen LogP contribution in [0.1, 0.15) is 97.8 Å². The van der Waals surface area contributed by atoms with E-state index in [-0.39, 0.29) is 29.5 Å². The summed E-state index contributed by atoms with van der Waals surface area (Å²) in [5.74, 6) is 1.46. The third kappa shape index (κ3) is 4.14. The van der Waals surface area contributed by atoms with Crippen molar-refractivity contribution < 1.29 is 20.1 Å². The minimum atomic E-state index is -0.684. The number of rotatable bonds is 8. The molecule has 3 aliphatic carbocycles. The molecule has 0 saturated heterocycles. The van der Waals surface area contributed by atoms with Crippen molar-refractivity contribution in [2.75, 3.05) is 0 Å². The number of carboxylic acid groups (broad SMARTS) is 1. The molecule has 0 heterocycles. The highest BCUT2D eigenvalue weighted by Gasteiger charge is 2.59. The zero-order valence-corrected chi connectivity index (χ0v) is 18.2. The standard InChI is InChI=1S/C24H42O4/c1-4-17(25)10-13-23(2)14-12-20(26)22-18(23)11-15-24(3)16(8-9-19(22)24)6-5-7-21(27)28/h16-20,22,25-26H,4-15H2,1-3H3,(H,27,28)/t16-,17-,18?,19?,20+,22+,23-,24+/m0/s1. The lowest BCUT2D eigenvalue weighted by Gasteiger charge is -2.58. The number of hydrogen-bond acceptors (Lipinski definition) is 3. The number of fused-ring (bicyclic) bond motifs is 3. The number of carboxylic acids is 1. The SMILES string of the molecule is CC[C@H](O)CC[C@@]1(C)CC[C@@H](O)[C@@H]2C1CC[C@@]1(C)C2CC[C@@H]1CCCC(=O)O. The van der Waals surface area contributed by atoms with E-state index in [1.807, 2.05) is 0 Å². The number of carbonyl (C=O) groups is 1. The first-order valence-corrected chi connectivity index (χ1v) is 11.8. The quantitative estimate of drug-likeness (QED) is 0.541. The van der Waals surface area contributed by atoms with Gasteiger partial charge in [0.1, 0.15) is 0 Å². The van der Waals surface area contributed by atoms with Crippen molar-refractivity contribution in [2.45, 2.75) is 110 Å². The maximum atomic E-state index is 11.0. The minimum absolute atomic E-state index is 0.184. The molecule has 0 aliphatic heterocycles. The molecule has 0 aromatic heterocycles. The highest BCUT2D eigenvalue weighted by Crippen LogP contribution is 2.65. The smallest absolute Gasteiger partial charge is 0.303 e. The molecule has 28 heavy (non-hydrogen) atoms. The maximum absolute atomic E-state index is 11.0. The van der Waals surface area contributed by atoms with E-state index in [4.69, 9.17) is 5.11 Å². The Morgan fingerprint density at radius 2 is 1.86 bits per heavy atom. The summed E-state index contributed by atoms with van der Waals surface area (Å²) in [5.41, 5.74) is 0.505. The Kier molecular flexibility index (Phi) is 6.81. The second kappa shape index (κ2) is 8.63. The fourth-order valence-corrected chi connectivity index (χ4v) is 7.49. The van der Waals surface area contributed by atoms with Gasteiger partial charge >= 0.3 is 5.97 Å². The molecular weight excluding hydrogens is 352 g/mol. The van der Waals surface area contributed by atoms with Crippen molar-refractivity contribution in [3.63, 3.8) is 0 Å². The maximum Gasteiger partial charge on any atom is 0.303 e. The Morgan fingerprint density at radius 3 is 2.54 bits per heavy atom. The average molecular weight is 395 g/mol. The Morgan fingerprint density at radius 1 is 1.11 bits per heavy atom. The highest BCUT2D eigenvalue weighted by molar-refractivity contribution is 5.66. The van der Waals surface area contributed by atoms with Gasteiger partial charge in [-0.15, -0.1) is 0 Å². The third-order valence-electron chi connectivity index (χ3n) is 9.34. The molecule has 0 spiro atoms. The van der Waals surface area contributed by atoms with E-state index in [2.05, 4.69) is 20.8 Å². The number of hydrogen-bond donors (Lipinski definition) is 3. The molecule has 4 nitrogen and oxygen atoms in total. The Bertz CT molecular complexity index is 549. The number of aliphatic hydroxyl groups is 2. The van der Waals surface area contributed by atoms with Gasteiger partial charge in [-0.1, -0.05) is 20.8 Å². The normalized spacial score (nSPS) is 44.0.